The summed E-state index contributed by atoms with van der Waals surface area (Å²) in [5, 5.41) is 0. The quantitative estimate of drug-likeness (QED) is 0.687. The molecule has 80 valence electrons. The standard InChI is InChI=1S/C11H9F3O/c1-2-3-8-4-6-9(7-5-8)15-11(14)10(12)13/h2-7H,1H3/b3-2-. The summed E-state index contributed by atoms with van der Waals surface area (Å²) in [6, 6.07) is 4.24. The molecule has 0 aromatic heterocycles. The number of hydrogen-bond acceptors (Lipinski definition) is 1. The molecular weight excluding hydrogens is 205 g/mol. The normalized spacial score (nSPS) is 10.4. The average molecular weight is 214 g/mol. The van der Waals surface area contributed by atoms with Gasteiger partial charge in [-0.1, -0.05) is 24.3 Å². The lowest BCUT2D eigenvalue weighted by Gasteiger charge is -2.01. The van der Waals surface area contributed by atoms with Crippen molar-refractivity contribution in [3.63, 3.8) is 0 Å². The van der Waals surface area contributed by atoms with E-state index in [9.17, 15) is 13.2 Å². The first-order chi connectivity index (χ1) is 7.13. The zero-order valence-corrected chi connectivity index (χ0v) is 8.01. The fourth-order valence-electron chi connectivity index (χ4n) is 0.981. The Hall–Kier alpha value is -1.71. The molecule has 0 bridgehead atoms. The molecule has 1 rings (SSSR count). The molecule has 1 aromatic carbocycles. The Morgan fingerprint density at radius 1 is 1.13 bits per heavy atom. The van der Waals surface area contributed by atoms with Crippen molar-refractivity contribution >= 4 is 6.08 Å². The monoisotopic (exact) mass is 214 g/mol. The summed E-state index contributed by atoms with van der Waals surface area (Å²) < 4.78 is 40.0. The van der Waals surface area contributed by atoms with Gasteiger partial charge in [-0.3, -0.25) is 0 Å². The summed E-state index contributed by atoms with van der Waals surface area (Å²) in [7, 11) is 0. The fraction of sp³-hybridized carbons (Fsp3) is 0.0909. The third kappa shape index (κ3) is 3.50. The second-order valence-electron chi connectivity index (χ2n) is 2.71. The lowest BCUT2D eigenvalue weighted by atomic mass is 10.2. The molecule has 0 radical (unpaired) electrons. The maximum absolute atomic E-state index is 12.4. The van der Waals surface area contributed by atoms with E-state index in [2.05, 4.69) is 4.74 Å². The van der Waals surface area contributed by atoms with Gasteiger partial charge in [0.25, 0.3) is 0 Å². The van der Waals surface area contributed by atoms with Gasteiger partial charge in [-0.05, 0) is 24.6 Å². The van der Waals surface area contributed by atoms with Crippen LogP contribution in [0.4, 0.5) is 13.2 Å². The highest BCUT2D eigenvalue weighted by Crippen LogP contribution is 2.19. The molecule has 0 saturated carbocycles. The molecular formula is C11H9F3O. The average Bonchev–Trinajstić information content (AvgIpc) is 2.21. The number of ether oxygens (including phenoxy) is 1. The molecule has 0 fully saturated rings. The van der Waals surface area contributed by atoms with Crippen LogP contribution >= 0.6 is 0 Å². The van der Waals surface area contributed by atoms with Crippen LogP contribution in [-0.2, 0) is 0 Å². The summed E-state index contributed by atoms with van der Waals surface area (Å²) >= 11 is 0. The second kappa shape index (κ2) is 5.24. The van der Waals surface area contributed by atoms with E-state index in [1.165, 1.54) is 12.1 Å². The molecule has 0 saturated heterocycles. The molecule has 15 heavy (non-hydrogen) atoms. The van der Waals surface area contributed by atoms with Crippen molar-refractivity contribution in [1.82, 2.24) is 0 Å². The van der Waals surface area contributed by atoms with Crippen molar-refractivity contribution in [3.05, 3.63) is 48.0 Å². The molecule has 0 aliphatic heterocycles. The maximum Gasteiger partial charge on any atom is 0.344 e. The van der Waals surface area contributed by atoms with E-state index in [0.717, 1.165) is 5.56 Å². The van der Waals surface area contributed by atoms with E-state index in [-0.39, 0.29) is 5.75 Å². The largest absolute Gasteiger partial charge is 0.428 e. The van der Waals surface area contributed by atoms with Gasteiger partial charge in [0.05, 0.1) is 0 Å². The van der Waals surface area contributed by atoms with Crippen LogP contribution < -0.4 is 4.74 Å². The van der Waals surface area contributed by atoms with Gasteiger partial charge in [0, 0.05) is 0 Å². The molecule has 0 unspecified atom stereocenters. The van der Waals surface area contributed by atoms with Crippen molar-refractivity contribution in [3.8, 4) is 5.75 Å². The number of benzene rings is 1. The predicted molar refractivity (Wildman–Crippen MR) is 52.1 cm³/mol. The van der Waals surface area contributed by atoms with Gasteiger partial charge in [-0.15, -0.1) is 0 Å². The van der Waals surface area contributed by atoms with E-state index in [1.54, 1.807) is 12.1 Å². The van der Waals surface area contributed by atoms with E-state index in [1.807, 2.05) is 19.1 Å². The third-order valence-electron chi connectivity index (χ3n) is 1.60. The highest BCUT2D eigenvalue weighted by Gasteiger charge is 2.06. The Morgan fingerprint density at radius 2 is 1.73 bits per heavy atom. The lowest BCUT2D eigenvalue weighted by Crippen LogP contribution is -1.90. The fourth-order valence-corrected chi connectivity index (χ4v) is 0.981. The topological polar surface area (TPSA) is 9.23 Å². The molecule has 0 spiro atoms. The Labute approximate surface area is 85.5 Å². The Bertz CT molecular complexity index is 375. The molecule has 4 heteroatoms. The van der Waals surface area contributed by atoms with Gasteiger partial charge in [0.2, 0.25) is 0 Å². The molecule has 0 amide bonds. The molecule has 1 aromatic rings. The van der Waals surface area contributed by atoms with Crippen LogP contribution in [0.15, 0.2) is 42.4 Å². The van der Waals surface area contributed by atoms with Gasteiger partial charge in [-0.2, -0.15) is 13.2 Å². The van der Waals surface area contributed by atoms with Crippen LogP contribution in [0.5, 0.6) is 5.75 Å². The molecule has 0 N–H and O–H groups in total. The summed E-state index contributed by atoms with van der Waals surface area (Å²) in [6.45, 7) is 1.85. The summed E-state index contributed by atoms with van der Waals surface area (Å²) in [5.41, 5.74) is 0.884. The van der Waals surface area contributed by atoms with Crippen LogP contribution in [0, 0.1) is 0 Å². The zero-order valence-electron chi connectivity index (χ0n) is 8.01. The van der Waals surface area contributed by atoms with Crippen molar-refractivity contribution in [1.29, 1.82) is 0 Å². The number of allylic oxidation sites excluding steroid dienone is 1. The summed E-state index contributed by atoms with van der Waals surface area (Å²) in [5.74, 6) is 0.0357. The Balaban J connectivity index is 2.77. The first-order valence-corrected chi connectivity index (χ1v) is 4.25. The van der Waals surface area contributed by atoms with E-state index < -0.39 is 12.1 Å². The highest BCUT2D eigenvalue weighted by molar-refractivity contribution is 5.50. The van der Waals surface area contributed by atoms with Gasteiger partial charge in [0.15, 0.2) is 0 Å². The zero-order chi connectivity index (χ0) is 11.3. The van der Waals surface area contributed by atoms with Gasteiger partial charge in [0.1, 0.15) is 5.75 Å². The molecule has 0 atom stereocenters. The minimum atomic E-state index is -2.47. The summed E-state index contributed by atoms with van der Waals surface area (Å²) in [4.78, 5) is 0. The van der Waals surface area contributed by atoms with Crippen molar-refractivity contribution in [2.75, 3.05) is 0 Å². The molecule has 0 aliphatic rings. The SMILES string of the molecule is C/C=C\c1ccc(OC(F)=C(F)F)cc1. The van der Waals surface area contributed by atoms with Crippen LogP contribution in [0.25, 0.3) is 6.08 Å². The van der Waals surface area contributed by atoms with Crippen molar-refractivity contribution in [2.24, 2.45) is 0 Å². The predicted octanol–water partition coefficient (Wildman–Crippen LogP) is 4.13. The van der Waals surface area contributed by atoms with Gasteiger partial charge >= 0.3 is 12.1 Å². The Kier molecular flexibility index (Phi) is 3.97. The van der Waals surface area contributed by atoms with Gasteiger partial charge < -0.3 is 4.74 Å². The van der Waals surface area contributed by atoms with Crippen LogP contribution in [-0.4, -0.2) is 0 Å². The first kappa shape index (κ1) is 11.4. The minimum Gasteiger partial charge on any atom is -0.428 e. The first-order valence-electron chi connectivity index (χ1n) is 4.25. The maximum atomic E-state index is 12.4. The molecule has 0 heterocycles. The summed E-state index contributed by atoms with van der Waals surface area (Å²) in [6.07, 6.45) is 1.19. The van der Waals surface area contributed by atoms with Crippen molar-refractivity contribution < 1.29 is 17.9 Å². The van der Waals surface area contributed by atoms with E-state index in [0.29, 0.717) is 0 Å². The van der Waals surface area contributed by atoms with E-state index >= 15 is 0 Å². The number of hydrogen-bond donors (Lipinski definition) is 0. The Morgan fingerprint density at radius 3 is 2.20 bits per heavy atom. The third-order valence-corrected chi connectivity index (χ3v) is 1.60. The molecule has 1 nitrogen and oxygen atoms in total. The van der Waals surface area contributed by atoms with Crippen LogP contribution in [0.1, 0.15) is 12.5 Å². The smallest absolute Gasteiger partial charge is 0.344 e. The minimum absolute atomic E-state index is 0.0357. The van der Waals surface area contributed by atoms with Gasteiger partial charge in [-0.25, -0.2) is 0 Å². The van der Waals surface area contributed by atoms with Crippen LogP contribution in [0.3, 0.4) is 0 Å². The second-order valence-corrected chi connectivity index (χ2v) is 2.71. The lowest BCUT2D eigenvalue weighted by molar-refractivity contribution is 0.241. The number of rotatable bonds is 3. The van der Waals surface area contributed by atoms with Crippen molar-refractivity contribution in [2.45, 2.75) is 6.92 Å². The molecule has 0 aliphatic carbocycles. The number of halogens is 3. The van der Waals surface area contributed by atoms with E-state index in [4.69, 9.17) is 0 Å². The van der Waals surface area contributed by atoms with Crippen LogP contribution in [0.2, 0.25) is 0 Å². The highest BCUT2D eigenvalue weighted by atomic mass is 19.3.